The molecule has 0 saturated heterocycles. The van der Waals surface area contributed by atoms with Gasteiger partial charge in [0.25, 0.3) is 6.71 Å². The van der Waals surface area contributed by atoms with Gasteiger partial charge in [0.2, 0.25) is 0 Å². The Morgan fingerprint density at radius 2 is 1.00 bits per heavy atom. The minimum Gasteiger partial charge on any atom is -0.311 e. The van der Waals surface area contributed by atoms with Crippen LogP contribution in [0, 0.1) is 6.92 Å². The molecule has 12 rings (SSSR count). The second-order valence-corrected chi connectivity index (χ2v) is 28.9. The largest absolute Gasteiger partial charge is 0.311 e. The standard InChI is InChI=1S/C69H76BN3S/c1-41-34-51-52(69(16,17)33-32-68(51,14)15)40-55(41)72-56-39-48(71(46-26-22-42(23-27-46)64(2,3)4)47-28-24-43(25-29-47)65(5,6)7)30-31-53(56)70-54-36-44(66(8,9)10)35-50-61(54)73(62-49-20-18-19-21-59(49)74-63(50)62)58-38-45(67(11,12)13)37-57(72)60(58)70/h18-31,34-40H,32-33H2,1-17H3. The summed E-state index contributed by atoms with van der Waals surface area (Å²) < 4.78 is 5.44. The first kappa shape index (κ1) is 48.9. The molecule has 0 N–H and O–H groups in total. The van der Waals surface area contributed by atoms with Gasteiger partial charge >= 0.3 is 0 Å². The molecule has 3 nitrogen and oxygen atoms in total. The fourth-order valence-corrected chi connectivity index (χ4v) is 14.0. The van der Waals surface area contributed by atoms with Gasteiger partial charge in [-0.15, -0.1) is 11.3 Å². The number of rotatable bonds is 4. The summed E-state index contributed by atoms with van der Waals surface area (Å²) in [4.78, 5) is 5.22. The summed E-state index contributed by atoms with van der Waals surface area (Å²) in [6, 6.07) is 50.8. The zero-order valence-corrected chi connectivity index (χ0v) is 48.2. The summed E-state index contributed by atoms with van der Waals surface area (Å²) in [5.41, 5.74) is 25.1. The van der Waals surface area contributed by atoms with Crippen molar-refractivity contribution in [3.63, 3.8) is 0 Å². The predicted octanol–water partition coefficient (Wildman–Crippen LogP) is 17.9. The molecule has 0 amide bonds. The molecular formula is C69H76BN3S. The van der Waals surface area contributed by atoms with Crippen LogP contribution < -0.4 is 26.2 Å². The van der Waals surface area contributed by atoms with Crippen LogP contribution in [0.15, 0.2) is 127 Å². The lowest BCUT2D eigenvalue weighted by Gasteiger charge is -2.45. The van der Waals surface area contributed by atoms with Gasteiger partial charge in [0.05, 0.1) is 15.7 Å². The van der Waals surface area contributed by atoms with Crippen LogP contribution in [0.4, 0.5) is 34.1 Å². The molecule has 2 aliphatic heterocycles. The number of aryl methyl sites for hydroxylation is 1. The smallest absolute Gasteiger partial charge is 0.252 e. The van der Waals surface area contributed by atoms with Crippen molar-refractivity contribution in [2.75, 3.05) is 9.80 Å². The maximum Gasteiger partial charge on any atom is 0.252 e. The molecule has 2 aromatic heterocycles. The van der Waals surface area contributed by atoms with Crippen molar-refractivity contribution in [2.24, 2.45) is 0 Å². The zero-order valence-electron chi connectivity index (χ0n) is 47.4. The van der Waals surface area contributed by atoms with Gasteiger partial charge < -0.3 is 14.4 Å². The molecule has 5 heteroatoms. The monoisotopic (exact) mass is 990 g/mol. The second-order valence-electron chi connectivity index (χ2n) is 27.9. The van der Waals surface area contributed by atoms with E-state index in [9.17, 15) is 0 Å². The molecule has 9 aromatic rings. The summed E-state index contributed by atoms with van der Waals surface area (Å²) in [5, 5.41) is 2.70. The van der Waals surface area contributed by atoms with Crippen LogP contribution >= 0.6 is 11.3 Å². The van der Waals surface area contributed by atoms with E-state index in [1.54, 1.807) is 0 Å². The topological polar surface area (TPSA) is 11.4 Å². The number of nitrogens with zero attached hydrogens (tertiary/aromatic N) is 3. The van der Waals surface area contributed by atoms with Gasteiger partial charge in [-0.1, -0.05) is 171 Å². The molecule has 376 valence electrons. The van der Waals surface area contributed by atoms with E-state index in [1.165, 1.54) is 116 Å². The first-order chi connectivity index (χ1) is 34.6. The second kappa shape index (κ2) is 16.0. The molecule has 0 radical (unpaired) electrons. The summed E-state index contributed by atoms with van der Waals surface area (Å²) in [6.07, 6.45) is 2.34. The van der Waals surface area contributed by atoms with Crippen molar-refractivity contribution in [3.05, 3.63) is 166 Å². The number of hydrogen-bond donors (Lipinski definition) is 0. The zero-order chi connectivity index (χ0) is 52.6. The molecule has 0 unspecified atom stereocenters. The first-order valence-corrected chi connectivity index (χ1v) is 28.2. The average molecular weight is 990 g/mol. The third kappa shape index (κ3) is 7.48. The van der Waals surface area contributed by atoms with Crippen LogP contribution in [-0.4, -0.2) is 11.3 Å². The number of anilines is 6. The SMILES string of the molecule is Cc1cc2c(cc1N1c3cc(N(c4ccc(C(C)(C)C)cc4)c4ccc(C(C)(C)C)cc4)ccc3B3c4c1cc(C(C)(C)C)cc4-n1c4c3cc(C(C)(C)C)cc4c3sc4ccccc4c31)C(C)(C)CCC2(C)C. The quantitative estimate of drug-likeness (QED) is 0.163. The highest BCUT2D eigenvalue weighted by molar-refractivity contribution is 7.26. The fraction of sp³-hybridized carbons (Fsp3) is 0.362. The minimum atomic E-state index is -0.126. The summed E-state index contributed by atoms with van der Waals surface area (Å²) in [7, 11) is 0. The Kier molecular flexibility index (Phi) is 10.6. The third-order valence-electron chi connectivity index (χ3n) is 17.6. The van der Waals surface area contributed by atoms with E-state index < -0.39 is 0 Å². The van der Waals surface area contributed by atoms with Crippen molar-refractivity contribution < 1.29 is 0 Å². The van der Waals surface area contributed by atoms with Gasteiger partial charge in [0, 0.05) is 55.3 Å². The van der Waals surface area contributed by atoms with Crippen LogP contribution in [0.3, 0.4) is 0 Å². The lowest BCUT2D eigenvalue weighted by atomic mass is 9.33. The van der Waals surface area contributed by atoms with E-state index in [4.69, 9.17) is 0 Å². The van der Waals surface area contributed by atoms with Crippen molar-refractivity contribution in [1.29, 1.82) is 0 Å². The average Bonchev–Trinajstić information content (AvgIpc) is 3.87. The van der Waals surface area contributed by atoms with Gasteiger partial charge in [0.15, 0.2) is 0 Å². The van der Waals surface area contributed by atoms with Crippen LogP contribution in [0.1, 0.15) is 163 Å². The highest BCUT2D eigenvalue weighted by Gasteiger charge is 2.46. The van der Waals surface area contributed by atoms with Gasteiger partial charge in [-0.2, -0.15) is 0 Å². The number of hydrogen-bond acceptors (Lipinski definition) is 3. The molecule has 74 heavy (non-hydrogen) atoms. The summed E-state index contributed by atoms with van der Waals surface area (Å²) in [6.45, 7) is 40.4. The third-order valence-corrected chi connectivity index (χ3v) is 18.8. The minimum absolute atomic E-state index is 0.000726. The Hall–Kier alpha value is -6.04. The van der Waals surface area contributed by atoms with Crippen LogP contribution in [0.25, 0.3) is 36.9 Å². The molecular weight excluding hydrogens is 914 g/mol. The van der Waals surface area contributed by atoms with Gasteiger partial charge in [-0.05, 0) is 174 Å². The lowest BCUT2D eigenvalue weighted by molar-refractivity contribution is 0.332. The maximum absolute atomic E-state index is 2.72. The van der Waals surface area contributed by atoms with E-state index in [0.717, 1.165) is 23.5 Å². The molecule has 0 bridgehead atoms. The van der Waals surface area contributed by atoms with Crippen LogP contribution in [0.5, 0.6) is 0 Å². The highest BCUT2D eigenvalue weighted by atomic mass is 32.1. The Morgan fingerprint density at radius 3 is 1.58 bits per heavy atom. The van der Waals surface area contributed by atoms with E-state index in [-0.39, 0.29) is 39.2 Å². The number of benzene rings is 7. The molecule has 3 aliphatic rings. The molecule has 4 heterocycles. The Balaban J connectivity index is 1.22. The maximum atomic E-state index is 2.72. The van der Waals surface area contributed by atoms with Crippen molar-refractivity contribution in [3.8, 4) is 5.69 Å². The van der Waals surface area contributed by atoms with Crippen molar-refractivity contribution in [2.45, 2.75) is 163 Å². The highest BCUT2D eigenvalue weighted by Crippen LogP contribution is 2.53. The van der Waals surface area contributed by atoms with Crippen LogP contribution in [0.2, 0.25) is 0 Å². The molecule has 0 spiro atoms. The Labute approximate surface area is 446 Å². The van der Waals surface area contributed by atoms with Gasteiger partial charge in [-0.25, -0.2) is 0 Å². The van der Waals surface area contributed by atoms with Crippen molar-refractivity contribution in [1.82, 2.24) is 4.57 Å². The molecule has 0 fully saturated rings. The number of aromatic nitrogens is 1. The number of thiophene rings is 1. The summed E-state index contributed by atoms with van der Waals surface area (Å²) in [5.74, 6) is 0. The summed E-state index contributed by atoms with van der Waals surface area (Å²) >= 11 is 1.96. The lowest BCUT2D eigenvalue weighted by Crippen LogP contribution is -2.60. The van der Waals surface area contributed by atoms with E-state index in [0.29, 0.717) is 0 Å². The van der Waals surface area contributed by atoms with Gasteiger partial charge in [0.1, 0.15) is 0 Å². The molecule has 0 atom stereocenters. The molecule has 7 aromatic carbocycles. The van der Waals surface area contributed by atoms with E-state index in [1.807, 2.05) is 11.3 Å². The fourth-order valence-electron chi connectivity index (χ4n) is 12.8. The number of fused-ring (bicyclic) bond motifs is 10. The first-order valence-electron chi connectivity index (χ1n) is 27.4. The van der Waals surface area contributed by atoms with E-state index >= 15 is 0 Å². The normalized spacial score (nSPS) is 16.0. The molecule has 1 aliphatic carbocycles. The van der Waals surface area contributed by atoms with E-state index in [2.05, 4.69) is 259 Å². The Bertz CT molecular complexity index is 3720. The van der Waals surface area contributed by atoms with Crippen LogP contribution in [-0.2, 0) is 32.5 Å². The van der Waals surface area contributed by atoms with Crippen molar-refractivity contribution >= 4 is 99.8 Å². The van der Waals surface area contributed by atoms with Gasteiger partial charge in [-0.3, -0.25) is 0 Å². The Morgan fingerprint density at radius 1 is 0.473 bits per heavy atom. The molecule has 0 saturated carbocycles. The predicted molar refractivity (Wildman–Crippen MR) is 325 cm³/mol.